The summed E-state index contributed by atoms with van der Waals surface area (Å²) in [4.78, 5) is 26.7. The van der Waals surface area contributed by atoms with Crippen molar-refractivity contribution in [2.75, 3.05) is 0 Å². The fourth-order valence-electron chi connectivity index (χ4n) is 0.144. The van der Waals surface area contributed by atoms with Gasteiger partial charge in [0.25, 0.3) is 6.47 Å². The van der Waals surface area contributed by atoms with Gasteiger partial charge < -0.3 is 25.2 Å². The number of rotatable bonds is 1. The third-order valence-electron chi connectivity index (χ3n) is 0.402. The lowest BCUT2D eigenvalue weighted by molar-refractivity contribution is -0.138. The lowest BCUT2D eigenvalue weighted by Gasteiger charge is -2.14. The van der Waals surface area contributed by atoms with Crippen LogP contribution in [0.25, 0.3) is 0 Å². The number of carbonyl (C=O) groups is 3. The molecule has 23 heavy (non-hydrogen) atoms. The van der Waals surface area contributed by atoms with Crippen molar-refractivity contribution in [2.24, 2.45) is 11.8 Å². The van der Waals surface area contributed by atoms with E-state index in [1.165, 1.54) is 0 Å². The average Bonchev–Trinajstić information content (AvgIpc) is 2.09. The van der Waals surface area contributed by atoms with Crippen molar-refractivity contribution >= 4 is 18.8 Å². The molecule has 0 aromatic rings. The van der Waals surface area contributed by atoms with Crippen molar-refractivity contribution in [2.45, 2.75) is 67.9 Å². The van der Waals surface area contributed by atoms with Crippen molar-refractivity contribution < 1.29 is 39.5 Å². The zero-order chi connectivity index (χ0) is 20.2. The Morgan fingerprint density at radius 3 is 0.913 bits per heavy atom. The normalized spacial score (nSPS) is 8.48. The molecule has 0 rings (SSSR count). The fraction of sp³-hybridized carbons (Fsp3) is 0.800. The van der Waals surface area contributed by atoms with Crippen LogP contribution in [0.3, 0.4) is 0 Å². The van der Waals surface area contributed by atoms with Crippen LogP contribution in [0.5, 0.6) is 0 Å². The summed E-state index contributed by atoms with van der Waals surface area (Å²) < 4.78 is 4.55. The van der Waals surface area contributed by atoms with Gasteiger partial charge in [-0.3, -0.25) is 4.79 Å². The molecule has 0 atom stereocenters. The van der Waals surface area contributed by atoms with Crippen LogP contribution in [0, 0.1) is 11.8 Å². The van der Waals surface area contributed by atoms with E-state index in [-0.39, 0.29) is 5.60 Å². The van der Waals surface area contributed by atoms with Crippen molar-refractivity contribution in [1.29, 1.82) is 0 Å². The Bertz CT molecular complexity index is 236. The summed E-state index contributed by atoms with van der Waals surface area (Å²) in [5.41, 5.74) is -0.318. The monoisotopic (exact) mass is 342 g/mol. The van der Waals surface area contributed by atoms with E-state index >= 15 is 0 Å². The van der Waals surface area contributed by atoms with Crippen molar-refractivity contribution in [3.05, 3.63) is 0 Å². The highest BCUT2D eigenvalue weighted by Crippen LogP contribution is 2.02. The lowest BCUT2D eigenvalue weighted by Crippen LogP contribution is -2.17. The molecule has 0 bridgehead atoms. The van der Waals surface area contributed by atoms with Crippen LogP contribution >= 0.6 is 0 Å². The van der Waals surface area contributed by atoms with Gasteiger partial charge in [0, 0.05) is 0 Å². The summed E-state index contributed by atoms with van der Waals surface area (Å²) in [5, 5.41) is 27.9. The van der Waals surface area contributed by atoms with Gasteiger partial charge in [-0.05, 0) is 32.6 Å². The molecule has 0 amide bonds. The lowest BCUT2D eigenvalue weighted by atomic mass is 10.2. The van der Waals surface area contributed by atoms with Crippen LogP contribution < -0.4 is 0 Å². The number of ether oxygens (including phenoxy) is 1. The molecule has 0 heterocycles. The van der Waals surface area contributed by atoms with E-state index in [4.69, 9.17) is 30.0 Å². The molecule has 0 aliphatic rings. The van der Waals surface area contributed by atoms with Crippen molar-refractivity contribution in [3.8, 4) is 0 Å². The predicted octanol–water partition coefficient (Wildman–Crippen LogP) is 4.73. The van der Waals surface area contributed by atoms with Gasteiger partial charge in [-0.15, -0.1) is 0 Å². The standard InChI is InChI=1S/C5H10O2.2C4H10.2CH2O3/c1-5(2,3)7-4-6;2*1-4(2)3;2*2-1(3)4/h4H,1-3H3;2*4H,1-3H3;2*(H2,2,3,4). The Morgan fingerprint density at radius 1 is 0.783 bits per heavy atom. The number of hydrogen-bond acceptors (Lipinski definition) is 4. The highest BCUT2D eigenvalue weighted by molar-refractivity contribution is 5.53. The number of carboxylic acid groups (broad SMARTS) is 4. The van der Waals surface area contributed by atoms with Gasteiger partial charge in [0.15, 0.2) is 0 Å². The smallest absolute Gasteiger partial charge is 0.462 e. The maximum Gasteiger partial charge on any atom is 0.503 e. The van der Waals surface area contributed by atoms with E-state index in [2.05, 4.69) is 46.3 Å². The molecule has 8 heteroatoms. The van der Waals surface area contributed by atoms with Gasteiger partial charge in [0.05, 0.1) is 0 Å². The van der Waals surface area contributed by atoms with Gasteiger partial charge >= 0.3 is 12.3 Å². The van der Waals surface area contributed by atoms with E-state index in [1.807, 2.05) is 20.8 Å². The second-order valence-electron chi connectivity index (χ2n) is 6.36. The molecular weight excluding hydrogens is 308 g/mol. The first-order valence-corrected chi connectivity index (χ1v) is 6.94. The van der Waals surface area contributed by atoms with E-state index in [1.54, 1.807) is 0 Å². The maximum atomic E-state index is 9.60. The minimum Gasteiger partial charge on any atom is -0.462 e. The van der Waals surface area contributed by atoms with Crippen LogP contribution in [-0.4, -0.2) is 44.8 Å². The van der Waals surface area contributed by atoms with Crippen molar-refractivity contribution in [1.82, 2.24) is 0 Å². The number of carbonyl (C=O) groups excluding carboxylic acids is 1. The first kappa shape index (κ1) is 32.8. The Kier molecular flexibility index (Phi) is 31.8. The average molecular weight is 342 g/mol. The van der Waals surface area contributed by atoms with Crippen LogP contribution in [-0.2, 0) is 9.53 Å². The fourth-order valence-corrected chi connectivity index (χ4v) is 0.144. The third-order valence-corrected chi connectivity index (χ3v) is 0.402. The Labute approximate surface area is 139 Å². The maximum absolute atomic E-state index is 9.60. The topological polar surface area (TPSA) is 141 Å². The SMILES string of the molecule is CC(C)(C)OC=O.CC(C)C.CC(C)C.O=C(O)O.O=C(O)O. The van der Waals surface area contributed by atoms with Gasteiger partial charge in [-0.25, -0.2) is 9.59 Å². The summed E-state index contributed by atoms with van der Waals surface area (Å²) in [6, 6.07) is 0. The first-order valence-electron chi connectivity index (χ1n) is 6.94. The molecule has 0 fully saturated rings. The summed E-state index contributed by atoms with van der Waals surface area (Å²) in [7, 11) is 0. The van der Waals surface area contributed by atoms with Gasteiger partial charge in [-0.1, -0.05) is 41.5 Å². The van der Waals surface area contributed by atoms with Gasteiger partial charge in [0.2, 0.25) is 0 Å². The highest BCUT2D eigenvalue weighted by Gasteiger charge is 2.07. The third kappa shape index (κ3) is 1610. The molecule has 0 saturated heterocycles. The molecule has 0 spiro atoms. The van der Waals surface area contributed by atoms with E-state index in [9.17, 15) is 4.79 Å². The summed E-state index contributed by atoms with van der Waals surface area (Å²) in [6.07, 6.45) is -3.67. The van der Waals surface area contributed by atoms with E-state index in [0.29, 0.717) is 6.47 Å². The molecule has 0 aliphatic carbocycles. The molecule has 0 aromatic heterocycles. The molecule has 8 nitrogen and oxygen atoms in total. The minimum atomic E-state index is -1.83. The van der Waals surface area contributed by atoms with E-state index < -0.39 is 12.3 Å². The quantitative estimate of drug-likeness (QED) is 0.501. The molecule has 4 N–H and O–H groups in total. The molecule has 0 unspecified atom stereocenters. The summed E-state index contributed by atoms with van der Waals surface area (Å²) >= 11 is 0. The van der Waals surface area contributed by atoms with Crippen LogP contribution in [0.1, 0.15) is 62.3 Å². The molecule has 0 aliphatic heterocycles. The second-order valence-corrected chi connectivity index (χ2v) is 6.36. The predicted molar refractivity (Wildman–Crippen MR) is 89.2 cm³/mol. The highest BCUT2D eigenvalue weighted by atomic mass is 16.6. The van der Waals surface area contributed by atoms with Gasteiger partial charge in [0.1, 0.15) is 5.60 Å². The molecule has 142 valence electrons. The molecule has 0 radical (unpaired) electrons. The zero-order valence-electron chi connectivity index (χ0n) is 15.7. The van der Waals surface area contributed by atoms with Crippen LogP contribution in [0.2, 0.25) is 0 Å². The largest absolute Gasteiger partial charge is 0.503 e. The van der Waals surface area contributed by atoms with Crippen LogP contribution in [0.15, 0.2) is 0 Å². The van der Waals surface area contributed by atoms with Crippen molar-refractivity contribution in [3.63, 3.8) is 0 Å². The minimum absolute atomic E-state index is 0.318. The van der Waals surface area contributed by atoms with Gasteiger partial charge in [-0.2, -0.15) is 0 Å². The Hall–Kier alpha value is -1.99. The summed E-state index contributed by atoms with van der Waals surface area (Å²) in [6.45, 7) is 18.9. The Balaban J connectivity index is -0.0000000604. The second kappa shape index (κ2) is 22.3. The first-order chi connectivity index (χ1) is 9.99. The zero-order valence-corrected chi connectivity index (χ0v) is 15.7. The molecule has 0 aromatic carbocycles. The molecule has 0 saturated carbocycles. The summed E-state index contributed by atoms with van der Waals surface area (Å²) in [5.74, 6) is 1.67. The Morgan fingerprint density at radius 2 is 0.913 bits per heavy atom. The van der Waals surface area contributed by atoms with E-state index in [0.717, 1.165) is 11.8 Å². The molecular formula is C15H34O8. The number of hydrogen-bond donors (Lipinski definition) is 4. The van der Waals surface area contributed by atoms with Crippen LogP contribution in [0.4, 0.5) is 9.59 Å².